The lowest BCUT2D eigenvalue weighted by molar-refractivity contribution is 0.176. The molecule has 0 saturated heterocycles. The van der Waals surface area contributed by atoms with Gasteiger partial charge in [-0.15, -0.1) is 0 Å². The van der Waals surface area contributed by atoms with Gasteiger partial charge in [0.2, 0.25) is 0 Å². The van der Waals surface area contributed by atoms with E-state index in [1.807, 2.05) is 10.6 Å². The quantitative estimate of drug-likeness (QED) is 0.641. The van der Waals surface area contributed by atoms with E-state index in [4.69, 9.17) is 0 Å². The van der Waals surface area contributed by atoms with E-state index in [9.17, 15) is 10.2 Å². The van der Waals surface area contributed by atoms with Crippen LogP contribution < -0.4 is 0 Å². The van der Waals surface area contributed by atoms with E-state index < -0.39 is 0 Å². The second kappa shape index (κ2) is 2.48. The third-order valence-corrected chi connectivity index (χ3v) is 2.64. The van der Waals surface area contributed by atoms with Crippen LogP contribution >= 0.6 is 0 Å². The number of benzene rings is 1. The minimum atomic E-state index is -0.360. The van der Waals surface area contributed by atoms with Gasteiger partial charge >= 0.3 is 0 Å². The summed E-state index contributed by atoms with van der Waals surface area (Å²) in [5, 5.41) is 19.1. The van der Waals surface area contributed by atoms with Crippen molar-refractivity contribution in [1.82, 2.24) is 9.55 Å². The molecule has 2 N–H and O–H groups in total. The first-order chi connectivity index (χ1) is 6.75. The maximum atomic E-state index is 9.67. The molecule has 0 amide bonds. The SMILES string of the molecule is Oc1cccc2nc3n(c12)CC(O)C3. The normalized spacial score (nSPS) is 20.2. The number of nitrogens with zero attached hydrogens (tertiary/aromatic N) is 2. The van der Waals surface area contributed by atoms with Gasteiger partial charge in [-0.3, -0.25) is 0 Å². The van der Waals surface area contributed by atoms with Crippen molar-refractivity contribution in [3.8, 4) is 5.75 Å². The Labute approximate surface area is 80.4 Å². The topological polar surface area (TPSA) is 58.3 Å². The highest BCUT2D eigenvalue weighted by Gasteiger charge is 2.24. The first-order valence-corrected chi connectivity index (χ1v) is 4.61. The van der Waals surface area contributed by atoms with Crippen LogP contribution in [0.3, 0.4) is 0 Å². The Kier molecular flexibility index (Phi) is 1.39. The molecule has 1 unspecified atom stereocenters. The molecule has 1 aliphatic rings. The molecule has 2 aromatic rings. The van der Waals surface area contributed by atoms with Crippen molar-refractivity contribution in [2.24, 2.45) is 0 Å². The average molecular weight is 190 g/mol. The molecule has 0 fully saturated rings. The van der Waals surface area contributed by atoms with E-state index >= 15 is 0 Å². The number of hydrogen-bond donors (Lipinski definition) is 2. The molecule has 1 aliphatic heterocycles. The van der Waals surface area contributed by atoms with Gasteiger partial charge in [0.25, 0.3) is 0 Å². The van der Waals surface area contributed by atoms with E-state index in [1.165, 1.54) is 0 Å². The number of hydrogen-bond acceptors (Lipinski definition) is 3. The van der Waals surface area contributed by atoms with Gasteiger partial charge in [0.1, 0.15) is 17.1 Å². The van der Waals surface area contributed by atoms with Gasteiger partial charge < -0.3 is 14.8 Å². The van der Waals surface area contributed by atoms with E-state index in [0.717, 1.165) is 16.9 Å². The smallest absolute Gasteiger partial charge is 0.141 e. The number of phenolic OH excluding ortho intramolecular Hbond substituents is 1. The molecule has 14 heavy (non-hydrogen) atoms. The Balaban J connectivity index is 2.35. The molecular weight excluding hydrogens is 180 g/mol. The summed E-state index contributed by atoms with van der Waals surface area (Å²) in [4.78, 5) is 4.35. The van der Waals surface area contributed by atoms with Crippen LogP contribution in [0, 0.1) is 0 Å². The Hall–Kier alpha value is -1.55. The lowest BCUT2D eigenvalue weighted by atomic mass is 10.2. The molecule has 1 aromatic carbocycles. The summed E-state index contributed by atoms with van der Waals surface area (Å²) in [5.41, 5.74) is 1.53. The molecule has 2 heterocycles. The third-order valence-electron chi connectivity index (χ3n) is 2.64. The molecular formula is C10H10N2O2. The number of aliphatic hydroxyl groups excluding tert-OH is 1. The number of rotatable bonds is 0. The number of aliphatic hydroxyl groups is 1. The Morgan fingerprint density at radius 2 is 2.29 bits per heavy atom. The summed E-state index contributed by atoms with van der Waals surface area (Å²) in [6.45, 7) is 0.531. The van der Waals surface area contributed by atoms with Crippen LogP contribution in [0.5, 0.6) is 5.75 Å². The highest BCUT2D eigenvalue weighted by molar-refractivity contribution is 5.82. The van der Waals surface area contributed by atoms with Gasteiger partial charge in [0.05, 0.1) is 18.2 Å². The van der Waals surface area contributed by atoms with Gasteiger partial charge in [-0.1, -0.05) is 6.07 Å². The fourth-order valence-electron chi connectivity index (χ4n) is 2.05. The summed E-state index contributed by atoms with van der Waals surface area (Å²) in [6, 6.07) is 5.28. The minimum absolute atomic E-state index is 0.232. The average Bonchev–Trinajstić information content (AvgIpc) is 2.60. The largest absolute Gasteiger partial charge is 0.506 e. The number of fused-ring (bicyclic) bond motifs is 3. The van der Waals surface area contributed by atoms with E-state index in [-0.39, 0.29) is 11.9 Å². The van der Waals surface area contributed by atoms with Crippen LogP contribution in [0.1, 0.15) is 5.82 Å². The summed E-state index contributed by atoms with van der Waals surface area (Å²) >= 11 is 0. The molecule has 4 nitrogen and oxygen atoms in total. The Morgan fingerprint density at radius 3 is 3.14 bits per heavy atom. The molecule has 3 rings (SSSR count). The monoisotopic (exact) mass is 190 g/mol. The standard InChI is InChI=1S/C10H10N2O2/c13-6-4-9-11-7-2-1-3-8(14)10(7)12(9)5-6/h1-3,6,13-14H,4-5H2. The summed E-state index contributed by atoms with van der Waals surface area (Å²) in [6.07, 6.45) is 0.218. The number of aromatic hydroxyl groups is 1. The third kappa shape index (κ3) is 0.886. The first-order valence-electron chi connectivity index (χ1n) is 4.61. The van der Waals surface area contributed by atoms with E-state index in [1.54, 1.807) is 12.1 Å². The highest BCUT2D eigenvalue weighted by atomic mass is 16.3. The van der Waals surface area contributed by atoms with Gasteiger partial charge in [-0.2, -0.15) is 0 Å². The number of aromatic nitrogens is 2. The predicted octanol–water partition coefficient (Wildman–Crippen LogP) is 0.659. The second-order valence-corrected chi connectivity index (χ2v) is 3.64. The molecule has 0 bridgehead atoms. The fourth-order valence-corrected chi connectivity index (χ4v) is 2.05. The maximum absolute atomic E-state index is 9.67. The molecule has 4 heteroatoms. The zero-order valence-corrected chi connectivity index (χ0v) is 7.51. The second-order valence-electron chi connectivity index (χ2n) is 3.64. The maximum Gasteiger partial charge on any atom is 0.141 e. The molecule has 72 valence electrons. The summed E-state index contributed by atoms with van der Waals surface area (Å²) in [7, 11) is 0. The lowest BCUT2D eigenvalue weighted by Gasteiger charge is -2.02. The van der Waals surface area contributed by atoms with Crippen molar-refractivity contribution >= 4 is 11.0 Å². The lowest BCUT2D eigenvalue weighted by Crippen LogP contribution is -2.07. The predicted molar refractivity (Wildman–Crippen MR) is 51.1 cm³/mol. The molecule has 0 spiro atoms. The highest BCUT2D eigenvalue weighted by Crippen LogP contribution is 2.29. The number of para-hydroxylation sites is 1. The Bertz CT molecular complexity index is 504. The van der Waals surface area contributed by atoms with Crippen molar-refractivity contribution in [1.29, 1.82) is 0 Å². The van der Waals surface area contributed by atoms with Crippen LogP contribution in [-0.4, -0.2) is 25.9 Å². The first kappa shape index (κ1) is 7.82. The van der Waals surface area contributed by atoms with E-state index in [0.29, 0.717) is 13.0 Å². The molecule has 1 aromatic heterocycles. The van der Waals surface area contributed by atoms with Crippen LogP contribution in [0.4, 0.5) is 0 Å². The van der Waals surface area contributed by atoms with Crippen molar-refractivity contribution < 1.29 is 10.2 Å². The molecule has 1 atom stereocenters. The number of imidazole rings is 1. The zero-order chi connectivity index (χ0) is 9.71. The summed E-state index contributed by atoms with van der Waals surface area (Å²) in [5.74, 6) is 1.09. The molecule has 0 radical (unpaired) electrons. The van der Waals surface area contributed by atoms with Gasteiger partial charge in [0.15, 0.2) is 0 Å². The van der Waals surface area contributed by atoms with Crippen molar-refractivity contribution in [2.45, 2.75) is 19.1 Å². The van der Waals surface area contributed by atoms with Crippen molar-refractivity contribution in [3.63, 3.8) is 0 Å². The van der Waals surface area contributed by atoms with Crippen molar-refractivity contribution in [3.05, 3.63) is 24.0 Å². The van der Waals surface area contributed by atoms with E-state index in [2.05, 4.69) is 4.98 Å². The van der Waals surface area contributed by atoms with Gasteiger partial charge in [-0.05, 0) is 12.1 Å². The van der Waals surface area contributed by atoms with Gasteiger partial charge in [0, 0.05) is 6.42 Å². The van der Waals surface area contributed by atoms with Crippen LogP contribution in [0.2, 0.25) is 0 Å². The Morgan fingerprint density at radius 1 is 1.43 bits per heavy atom. The summed E-state index contributed by atoms with van der Waals surface area (Å²) < 4.78 is 1.88. The van der Waals surface area contributed by atoms with Crippen LogP contribution in [0.25, 0.3) is 11.0 Å². The fraction of sp³-hybridized carbons (Fsp3) is 0.300. The molecule has 0 saturated carbocycles. The molecule has 0 aliphatic carbocycles. The van der Waals surface area contributed by atoms with Crippen molar-refractivity contribution in [2.75, 3.05) is 0 Å². The van der Waals surface area contributed by atoms with Gasteiger partial charge in [-0.25, -0.2) is 4.98 Å². The zero-order valence-electron chi connectivity index (χ0n) is 7.51. The van der Waals surface area contributed by atoms with Crippen LogP contribution in [0.15, 0.2) is 18.2 Å². The minimum Gasteiger partial charge on any atom is -0.506 e. The van der Waals surface area contributed by atoms with Crippen LogP contribution in [-0.2, 0) is 13.0 Å². The number of phenols is 1.